The second-order valence-corrected chi connectivity index (χ2v) is 7.38. The maximum absolute atomic E-state index is 12.4. The highest BCUT2D eigenvalue weighted by molar-refractivity contribution is 7.92. The second-order valence-electron chi connectivity index (χ2n) is 5.70. The largest absolute Gasteiger partial charge is 0.361 e. The average Bonchev–Trinajstić information content (AvgIpc) is 2.87. The zero-order valence-corrected chi connectivity index (χ0v) is 14.5. The van der Waals surface area contributed by atoms with Crippen LogP contribution in [0.15, 0.2) is 57.9 Å². The number of nitrogens with one attached hydrogen (secondary N) is 1. The lowest BCUT2D eigenvalue weighted by Gasteiger charge is -2.09. The molecule has 1 aromatic heterocycles. The fourth-order valence-electron chi connectivity index (χ4n) is 2.53. The third-order valence-corrected chi connectivity index (χ3v) is 5.19. The molecular formula is C18H18N2O3S. The van der Waals surface area contributed by atoms with Gasteiger partial charge in [0, 0.05) is 11.3 Å². The maximum atomic E-state index is 12.4. The number of aromatic nitrogens is 1. The Kier molecular flexibility index (Phi) is 4.15. The summed E-state index contributed by atoms with van der Waals surface area (Å²) in [5, 5.41) is 3.93. The lowest BCUT2D eigenvalue weighted by Crippen LogP contribution is -2.12. The van der Waals surface area contributed by atoms with Crippen molar-refractivity contribution in [2.24, 2.45) is 0 Å². The summed E-state index contributed by atoms with van der Waals surface area (Å²) in [5.74, 6) is 0.737. The summed E-state index contributed by atoms with van der Waals surface area (Å²) < 4.78 is 32.6. The van der Waals surface area contributed by atoms with Gasteiger partial charge in [-0.05, 0) is 50.6 Å². The Balaban J connectivity index is 1.85. The van der Waals surface area contributed by atoms with Crippen LogP contribution >= 0.6 is 0 Å². The number of hydrogen-bond donors (Lipinski definition) is 1. The lowest BCUT2D eigenvalue weighted by molar-refractivity contribution is 0.393. The molecule has 0 aliphatic carbocycles. The fraction of sp³-hybridized carbons (Fsp3) is 0.167. The quantitative estimate of drug-likeness (QED) is 0.776. The van der Waals surface area contributed by atoms with E-state index in [0.717, 1.165) is 28.1 Å². The van der Waals surface area contributed by atoms with E-state index in [9.17, 15) is 8.42 Å². The highest BCUT2D eigenvalue weighted by Crippen LogP contribution is 2.28. The number of rotatable bonds is 4. The molecule has 0 atom stereocenters. The molecule has 0 amide bonds. The molecule has 0 aliphatic heterocycles. The van der Waals surface area contributed by atoms with Crippen LogP contribution in [0.2, 0.25) is 0 Å². The van der Waals surface area contributed by atoms with Crippen LogP contribution < -0.4 is 4.72 Å². The van der Waals surface area contributed by atoms with Gasteiger partial charge in [-0.2, -0.15) is 0 Å². The Labute approximate surface area is 141 Å². The van der Waals surface area contributed by atoms with Gasteiger partial charge in [-0.15, -0.1) is 0 Å². The molecule has 24 heavy (non-hydrogen) atoms. The van der Waals surface area contributed by atoms with Crippen LogP contribution in [-0.4, -0.2) is 13.6 Å². The number of benzene rings is 2. The molecule has 3 rings (SSSR count). The van der Waals surface area contributed by atoms with Crippen molar-refractivity contribution in [2.45, 2.75) is 25.7 Å². The standard InChI is InChI=1S/C18H18N2O3S/c1-12-4-10-17(11-5-12)24(21,22)20-16-8-6-15(7-9-16)18-13(2)19-23-14(18)3/h4-11,20H,1-3H3. The predicted molar refractivity (Wildman–Crippen MR) is 93.4 cm³/mol. The van der Waals surface area contributed by atoms with Crippen LogP contribution in [-0.2, 0) is 10.0 Å². The van der Waals surface area contributed by atoms with E-state index in [1.807, 2.05) is 32.9 Å². The van der Waals surface area contributed by atoms with Crippen LogP contribution in [0.3, 0.4) is 0 Å². The Bertz CT molecular complexity index is 937. The van der Waals surface area contributed by atoms with E-state index < -0.39 is 10.0 Å². The number of sulfonamides is 1. The molecule has 0 spiro atoms. The fourth-order valence-corrected chi connectivity index (χ4v) is 3.59. The van der Waals surface area contributed by atoms with Crippen molar-refractivity contribution < 1.29 is 12.9 Å². The molecule has 0 saturated heterocycles. The monoisotopic (exact) mass is 342 g/mol. The second kappa shape index (κ2) is 6.13. The van der Waals surface area contributed by atoms with Crippen molar-refractivity contribution in [3.8, 4) is 11.1 Å². The molecule has 6 heteroatoms. The van der Waals surface area contributed by atoms with E-state index in [0.29, 0.717) is 5.69 Å². The first-order valence-electron chi connectivity index (χ1n) is 7.49. The molecule has 0 aliphatic rings. The first-order chi connectivity index (χ1) is 11.4. The summed E-state index contributed by atoms with van der Waals surface area (Å²) in [7, 11) is -3.59. The topological polar surface area (TPSA) is 72.2 Å². The Morgan fingerprint density at radius 2 is 1.54 bits per heavy atom. The zero-order chi connectivity index (χ0) is 17.3. The average molecular weight is 342 g/mol. The molecule has 5 nitrogen and oxygen atoms in total. The van der Waals surface area contributed by atoms with Crippen LogP contribution in [0.25, 0.3) is 11.1 Å². The molecule has 0 saturated carbocycles. The van der Waals surface area contributed by atoms with Gasteiger partial charge in [0.2, 0.25) is 0 Å². The van der Waals surface area contributed by atoms with Crippen LogP contribution in [0, 0.1) is 20.8 Å². The summed E-state index contributed by atoms with van der Waals surface area (Å²) in [4.78, 5) is 0.239. The van der Waals surface area contributed by atoms with Gasteiger partial charge in [-0.3, -0.25) is 4.72 Å². The third kappa shape index (κ3) is 3.19. The van der Waals surface area contributed by atoms with E-state index in [2.05, 4.69) is 9.88 Å². The molecule has 2 aromatic carbocycles. The minimum atomic E-state index is -3.59. The Morgan fingerprint density at radius 1 is 0.917 bits per heavy atom. The predicted octanol–water partition coefficient (Wildman–Crippen LogP) is 4.07. The van der Waals surface area contributed by atoms with Crippen molar-refractivity contribution in [2.75, 3.05) is 4.72 Å². The summed E-state index contributed by atoms with van der Waals surface area (Å²) >= 11 is 0. The third-order valence-electron chi connectivity index (χ3n) is 3.79. The molecule has 0 fully saturated rings. The van der Waals surface area contributed by atoms with Crippen molar-refractivity contribution >= 4 is 15.7 Å². The van der Waals surface area contributed by atoms with E-state index >= 15 is 0 Å². The van der Waals surface area contributed by atoms with Gasteiger partial charge >= 0.3 is 0 Å². The van der Waals surface area contributed by atoms with Crippen molar-refractivity contribution in [1.29, 1.82) is 0 Å². The van der Waals surface area contributed by atoms with Crippen molar-refractivity contribution in [1.82, 2.24) is 5.16 Å². The molecule has 0 unspecified atom stereocenters. The normalized spacial score (nSPS) is 11.5. The van der Waals surface area contributed by atoms with Gasteiger partial charge in [0.05, 0.1) is 10.6 Å². The molecule has 1 heterocycles. The molecule has 124 valence electrons. The van der Waals surface area contributed by atoms with Gasteiger partial charge < -0.3 is 4.52 Å². The smallest absolute Gasteiger partial charge is 0.261 e. The van der Waals surface area contributed by atoms with Gasteiger partial charge in [-0.25, -0.2) is 8.42 Å². The highest BCUT2D eigenvalue weighted by atomic mass is 32.2. The van der Waals surface area contributed by atoms with E-state index in [1.54, 1.807) is 36.4 Å². The number of anilines is 1. The summed E-state index contributed by atoms with van der Waals surface area (Å²) in [6.45, 7) is 5.64. The van der Waals surface area contributed by atoms with E-state index in [-0.39, 0.29) is 4.90 Å². The van der Waals surface area contributed by atoms with Crippen molar-refractivity contribution in [3.63, 3.8) is 0 Å². The van der Waals surface area contributed by atoms with Gasteiger partial charge in [0.25, 0.3) is 10.0 Å². The minimum Gasteiger partial charge on any atom is -0.361 e. The summed E-state index contributed by atoms with van der Waals surface area (Å²) in [6, 6.07) is 13.9. The Hall–Kier alpha value is -2.60. The number of hydrogen-bond acceptors (Lipinski definition) is 4. The van der Waals surface area contributed by atoms with Gasteiger partial charge in [-0.1, -0.05) is 35.0 Å². The molecule has 0 radical (unpaired) electrons. The van der Waals surface area contributed by atoms with Gasteiger partial charge in [0.15, 0.2) is 0 Å². The first kappa shape index (κ1) is 16.3. The SMILES string of the molecule is Cc1ccc(S(=O)(=O)Nc2ccc(-c3c(C)noc3C)cc2)cc1. The van der Waals surface area contributed by atoms with Crippen LogP contribution in [0.5, 0.6) is 0 Å². The minimum absolute atomic E-state index is 0.239. The lowest BCUT2D eigenvalue weighted by atomic mass is 10.0. The zero-order valence-electron chi connectivity index (χ0n) is 13.7. The van der Waals surface area contributed by atoms with Crippen LogP contribution in [0.4, 0.5) is 5.69 Å². The van der Waals surface area contributed by atoms with Gasteiger partial charge in [0.1, 0.15) is 5.76 Å². The van der Waals surface area contributed by atoms with Crippen molar-refractivity contribution in [3.05, 3.63) is 65.5 Å². The molecular weight excluding hydrogens is 324 g/mol. The molecule has 1 N–H and O–H groups in total. The number of aryl methyl sites for hydroxylation is 3. The molecule has 3 aromatic rings. The summed E-state index contributed by atoms with van der Waals surface area (Å²) in [6.07, 6.45) is 0. The maximum Gasteiger partial charge on any atom is 0.261 e. The molecule has 0 bridgehead atoms. The van der Waals surface area contributed by atoms with E-state index in [4.69, 9.17) is 4.52 Å². The number of nitrogens with zero attached hydrogens (tertiary/aromatic N) is 1. The highest BCUT2D eigenvalue weighted by Gasteiger charge is 2.15. The first-order valence-corrected chi connectivity index (χ1v) is 8.98. The van der Waals surface area contributed by atoms with Crippen LogP contribution in [0.1, 0.15) is 17.0 Å². The Morgan fingerprint density at radius 3 is 2.08 bits per heavy atom. The van der Waals surface area contributed by atoms with E-state index in [1.165, 1.54) is 0 Å². The summed E-state index contributed by atoms with van der Waals surface area (Å²) in [5.41, 5.74) is 4.19.